The first-order chi connectivity index (χ1) is 39.7. The molecule has 0 saturated heterocycles. The van der Waals surface area contributed by atoms with Gasteiger partial charge in [0.1, 0.15) is 0 Å². The second-order valence-corrected chi connectivity index (χ2v) is 40.8. The molecule has 8 unspecified atom stereocenters. The molecule has 0 aliphatic rings. The first-order valence-electron chi connectivity index (χ1n) is 35.9. The van der Waals surface area contributed by atoms with Crippen LogP contribution in [0.4, 0.5) is 0 Å². The molecule has 0 fully saturated rings. The fraction of sp³-hybridized carbons (Fsp3) is 0.707. The van der Waals surface area contributed by atoms with Crippen LogP contribution in [0.2, 0.25) is 48.4 Å². The third kappa shape index (κ3) is 30.0. The van der Waals surface area contributed by atoms with E-state index in [0.717, 1.165) is 23.7 Å². The second-order valence-electron chi connectivity index (χ2n) is 29.2. The van der Waals surface area contributed by atoms with Crippen LogP contribution < -0.4 is 0 Å². The van der Waals surface area contributed by atoms with Crippen molar-refractivity contribution in [3.63, 3.8) is 0 Å². The van der Waals surface area contributed by atoms with Gasteiger partial charge in [-0.15, -0.1) is 0 Å². The zero-order valence-electron chi connectivity index (χ0n) is 61.9. The zero-order valence-corrected chi connectivity index (χ0v) is 63.9. The monoisotopic (exact) mass is 1190 g/mol. The van der Waals surface area contributed by atoms with Crippen LogP contribution in [0.5, 0.6) is 0 Å². The van der Waals surface area contributed by atoms with Crippen LogP contribution in [0.25, 0.3) is 0 Å². The van der Waals surface area contributed by atoms with Crippen LogP contribution in [0.3, 0.4) is 0 Å². The average Bonchev–Trinajstić information content (AvgIpc) is 3.49. The highest BCUT2D eigenvalue weighted by Crippen LogP contribution is 2.55. The van der Waals surface area contributed by atoms with Gasteiger partial charge in [0.2, 0.25) is 0 Å². The Labute approximate surface area is 532 Å². The Kier molecular flexibility index (Phi) is 43.5. The summed E-state index contributed by atoms with van der Waals surface area (Å²) in [4.78, 5) is 0. The van der Waals surface area contributed by atoms with Crippen molar-refractivity contribution in [2.45, 2.75) is 341 Å². The normalized spacial score (nSPS) is 14.9. The van der Waals surface area contributed by atoms with E-state index in [4.69, 9.17) is 0 Å². The highest BCUT2D eigenvalue weighted by molar-refractivity contribution is 6.80. The lowest BCUT2D eigenvalue weighted by molar-refractivity contribution is 0.166. The van der Waals surface area contributed by atoms with Crippen molar-refractivity contribution in [1.82, 2.24) is 0 Å². The van der Waals surface area contributed by atoms with E-state index in [9.17, 15) is 0 Å². The lowest BCUT2D eigenvalue weighted by Gasteiger charge is -2.47. The summed E-state index contributed by atoms with van der Waals surface area (Å²) in [5.74, 6) is 5.63. The Morgan fingerprint density at radius 1 is 0.310 bits per heavy atom. The van der Waals surface area contributed by atoms with Crippen molar-refractivity contribution in [1.29, 1.82) is 0 Å². The molecule has 4 aromatic carbocycles. The SMILES string of the molecule is CC.CC.CC.CC.CCC(C)CC(CC(CC)(CC)CC(CC(C)CC)c1ccccc1)c1ccccc1.CCC(C)CC(CC(CC[Si](C)(C)C(C)(C)C)(CC[Si](C)(C)C(C)(C)C)CC(CC(C)CC)c1ccccc1)c1ccccc1. The Bertz CT molecular complexity index is 1940. The van der Waals surface area contributed by atoms with E-state index in [-0.39, 0.29) is 0 Å². The maximum Gasteiger partial charge on any atom is 0.0527 e. The molecule has 0 aromatic heterocycles. The predicted molar refractivity (Wildman–Crippen MR) is 396 cm³/mol. The average molecular weight is 1190 g/mol. The molecule has 484 valence electrons. The summed E-state index contributed by atoms with van der Waals surface area (Å²) in [6.45, 7) is 66.2. The van der Waals surface area contributed by atoms with Gasteiger partial charge in [-0.3, -0.25) is 0 Å². The van der Waals surface area contributed by atoms with Crippen LogP contribution in [-0.2, 0) is 0 Å². The van der Waals surface area contributed by atoms with Gasteiger partial charge < -0.3 is 0 Å². The van der Waals surface area contributed by atoms with Gasteiger partial charge in [0, 0.05) is 0 Å². The van der Waals surface area contributed by atoms with E-state index < -0.39 is 16.1 Å². The largest absolute Gasteiger partial charge is 0.0690 e. The zero-order chi connectivity index (χ0) is 64.8. The van der Waals surface area contributed by atoms with E-state index in [1.165, 1.54) is 115 Å². The topological polar surface area (TPSA) is 0 Å². The number of hydrogen-bond donors (Lipinski definition) is 0. The van der Waals surface area contributed by atoms with Crippen molar-refractivity contribution in [3.8, 4) is 0 Å². The smallest absolute Gasteiger partial charge is 0.0527 e. The van der Waals surface area contributed by atoms with Crippen LogP contribution in [0.1, 0.15) is 315 Å². The van der Waals surface area contributed by atoms with E-state index in [1.54, 1.807) is 22.3 Å². The molecule has 0 bridgehead atoms. The summed E-state index contributed by atoms with van der Waals surface area (Å²) in [7, 11) is -2.91. The van der Waals surface area contributed by atoms with Crippen molar-refractivity contribution in [2.75, 3.05) is 0 Å². The fourth-order valence-corrected chi connectivity index (χ4v) is 16.2. The highest BCUT2D eigenvalue weighted by atomic mass is 28.3. The predicted octanol–water partition coefficient (Wildman–Crippen LogP) is 29.1. The lowest BCUT2D eigenvalue weighted by atomic mass is 9.65. The van der Waals surface area contributed by atoms with Crippen LogP contribution in [0, 0.1) is 34.5 Å². The van der Waals surface area contributed by atoms with Crippen LogP contribution in [-0.4, -0.2) is 16.1 Å². The Morgan fingerprint density at radius 2 is 0.500 bits per heavy atom. The molecular weight excluding hydrogens is 1040 g/mol. The molecule has 4 rings (SSSR count). The van der Waals surface area contributed by atoms with Gasteiger partial charge in [-0.25, -0.2) is 0 Å². The molecule has 0 radical (unpaired) electrons. The maximum atomic E-state index is 2.69. The van der Waals surface area contributed by atoms with E-state index in [0.29, 0.717) is 44.6 Å². The summed E-state index contributed by atoms with van der Waals surface area (Å²) in [5.41, 5.74) is 7.01. The summed E-state index contributed by atoms with van der Waals surface area (Å²) < 4.78 is 0. The molecule has 0 spiro atoms. The Balaban J connectivity index is 0. The van der Waals surface area contributed by atoms with E-state index in [2.05, 4.69) is 258 Å². The first-order valence-corrected chi connectivity index (χ1v) is 42.3. The lowest BCUT2D eigenvalue weighted by Crippen LogP contribution is -2.41. The van der Waals surface area contributed by atoms with E-state index in [1.807, 2.05) is 55.4 Å². The number of benzene rings is 4. The molecule has 0 amide bonds. The second kappa shape index (κ2) is 43.9. The van der Waals surface area contributed by atoms with Gasteiger partial charge in [-0.05, 0) is 155 Å². The molecule has 2 heteroatoms. The first kappa shape index (κ1) is 83.4. The van der Waals surface area contributed by atoms with Gasteiger partial charge >= 0.3 is 0 Å². The summed E-state index contributed by atoms with van der Waals surface area (Å²) in [6.07, 6.45) is 21.0. The molecule has 0 aliphatic carbocycles. The minimum absolute atomic E-state index is 0.340. The van der Waals surface area contributed by atoms with Gasteiger partial charge in [-0.2, -0.15) is 0 Å². The quantitative estimate of drug-likeness (QED) is 0.0428. The highest BCUT2D eigenvalue weighted by Gasteiger charge is 2.44. The summed E-state index contributed by atoms with van der Waals surface area (Å²) in [6, 6.07) is 49.0. The van der Waals surface area contributed by atoms with Gasteiger partial charge in [-0.1, -0.05) is 364 Å². The Hall–Kier alpha value is -2.69. The molecule has 0 heterocycles. The van der Waals surface area contributed by atoms with Crippen LogP contribution in [0.15, 0.2) is 121 Å². The molecule has 0 nitrogen and oxygen atoms in total. The molecule has 0 aliphatic heterocycles. The molecule has 4 aromatic rings. The van der Waals surface area contributed by atoms with Crippen LogP contribution >= 0.6 is 0 Å². The van der Waals surface area contributed by atoms with Gasteiger partial charge in [0.05, 0.1) is 16.1 Å². The minimum atomic E-state index is -1.45. The van der Waals surface area contributed by atoms with Crippen molar-refractivity contribution in [2.24, 2.45) is 34.5 Å². The molecule has 84 heavy (non-hydrogen) atoms. The maximum absolute atomic E-state index is 2.69. The van der Waals surface area contributed by atoms with Crippen molar-refractivity contribution < 1.29 is 0 Å². The molecule has 8 atom stereocenters. The number of rotatable bonds is 32. The number of hydrogen-bond acceptors (Lipinski definition) is 0. The van der Waals surface area contributed by atoms with E-state index >= 15 is 0 Å². The third-order valence-corrected chi connectivity index (χ3v) is 32.6. The summed E-state index contributed by atoms with van der Waals surface area (Å²) >= 11 is 0. The fourth-order valence-electron chi connectivity index (χ4n) is 12.4. The molecule has 0 N–H and O–H groups in total. The van der Waals surface area contributed by atoms with Gasteiger partial charge in [0.15, 0.2) is 0 Å². The van der Waals surface area contributed by atoms with Crippen molar-refractivity contribution in [3.05, 3.63) is 144 Å². The molecule has 0 saturated carbocycles. The standard InChI is InChI=1S/C43H76Si2.C31H48.4C2H6/c1-15-35(3)31-39(37-23-19-17-20-24-37)33-43(27-29-44(11,12)41(5,6)7,28-30-45(13,14)42(8,9)10)34-40(32-36(4)16-2)38-25-21-18-22-26-38;1-7-25(5)21-29(27-17-13-11-14-18-27)23-31(9-3,10-4)24-30(22-26(6)8-2)28-19-15-12-16-20-28;4*1-2/h17-26,35-36,39-40H,15-16,27-34H2,1-14H3;11-20,25-26,29-30H,7-10,21-24H2,1-6H3;4*1-2H3. The third-order valence-electron chi connectivity index (χ3n) is 21.5. The molecular formula is C82H148Si2. The summed E-state index contributed by atoms with van der Waals surface area (Å²) in [5, 5.41) is 0.840. The Morgan fingerprint density at radius 3 is 0.667 bits per heavy atom. The van der Waals surface area contributed by atoms with Crippen molar-refractivity contribution >= 4 is 16.1 Å². The van der Waals surface area contributed by atoms with Gasteiger partial charge in [0.25, 0.3) is 0 Å². The minimum Gasteiger partial charge on any atom is -0.0690 e.